The van der Waals surface area contributed by atoms with Crippen LogP contribution in [-0.2, 0) is 11.3 Å². The van der Waals surface area contributed by atoms with Gasteiger partial charge in [0.05, 0.1) is 34.2 Å². The molecule has 0 radical (unpaired) electrons. The zero-order valence-corrected chi connectivity index (χ0v) is 18.4. The average Bonchev–Trinajstić information content (AvgIpc) is 2.95. The third-order valence-electron chi connectivity index (χ3n) is 4.17. The number of hydrogen-bond acceptors (Lipinski definition) is 5. The lowest BCUT2D eigenvalue weighted by Gasteiger charge is -2.13. The zero-order valence-electron chi connectivity index (χ0n) is 16.0. The van der Waals surface area contributed by atoms with Crippen LogP contribution < -0.4 is 4.74 Å². The third-order valence-corrected chi connectivity index (χ3v) is 5.69. The third kappa shape index (κ3) is 5.08. The van der Waals surface area contributed by atoms with E-state index >= 15 is 0 Å². The molecule has 29 heavy (non-hydrogen) atoms. The van der Waals surface area contributed by atoms with Crippen molar-refractivity contribution in [2.75, 3.05) is 6.61 Å². The van der Waals surface area contributed by atoms with Crippen molar-refractivity contribution in [3.63, 3.8) is 0 Å². The van der Waals surface area contributed by atoms with E-state index in [2.05, 4.69) is 35.8 Å². The molecule has 1 saturated heterocycles. The van der Waals surface area contributed by atoms with E-state index in [1.165, 1.54) is 4.90 Å². The highest BCUT2D eigenvalue weighted by molar-refractivity contribution is 9.10. The van der Waals surface area contributed by atoms with Crippen LogP contribution in [0.15, 0.2) is 51.8 Å². The number of carbonyl (C=O) groups excluding carboxylic acids is 2. The zero-order chi connectivity index (χ0) is 21.0. The Balaban J connectivity index is 1.78. The highest BCUT2D eigenvalue weighted by Gasteiger charge is 2.35. The molecule has 1 heterocycles. The van der Waals surface area contributed by atoms with Crippen LogP contribution in [0.25, 0.3) is 6.08 Å². The van der Waals surface area contributed by atoms with Crippen LogP contribution in [0.3, 0.4) is 0 Å². The first kappa shape index (κ1) is 21.2. The molecular weight excluding hydrogens is 452 g/mol. The number of hydrogen-bond donors (Lipinski definition) is 0. The second-order valence-electron chi connectivity index (χ2n) is 6.93. The van der Waals surface area contributed by atoms with E-state index in [4.69, 9.17) is 4.74 Å². The molecule has 5 nitrogen and oxygen atoms in total. The van der Waals surface area contributed by atoms with Gasteiger partial charge in [0.1, 0.15) is 5.75 Å². The van der Waals surface area contributed by atoms with Crippen molar-refractivity contribution < 1.29 is 14.3 Å². The van der Waals surface area contributed by atoms with Gasteiger partial charge in [-0.2, -0.15) is 5.26 Å². The lowest BCUT2D eigenvalue weighted by atomic mass is 10.1. The number of rotatable bonds is 6. The summed E-state index contributed by atoms with van der Waals surface area (Å²) in [5.41, 5.74) is 1.89. The summed E-state index contributed by atoms with van der Waals surface area (Å²) in [7, 11) is 0. The maximum atomic E-state index is 12.8. The van der Waals surface area contributed by atoms with Gasteiger partial charge in [0.2, 0.25) is 0 Å². The summed E-state index contributed by atoms with van der Waals surface area (Å²) in [6.07, 6.45) is 1.69. The fourth-order valence-corrected chi connectivity index (χ4v) is 4.05. The van der Waals surface area contributed by atoms with E-state index in [-0.39, 0.29) is 17.7 Å². The first-order valence-corrected chi connectivity index (χ1v) is 10.7. The summed E-state index contributed by atoms with van der Waals surface area (Å²) in [5, 5.41) is 8.88. The van der Waals surface area contributed by atoms with Crippen molar-refractivity contribution in [1.29, 1.82) is 5.26 Å². The quantitative estimate of drug-likeness (QED) is 0.514. The van der Waals surface area contributed by atoms with Crippen LogP contribution in [0.2, 0.25) is 0 Å². The Bertz CT molecular complexity index is 1030. The second kappa shape index (κ2) is 9.29. The highest BCUT2D eigenvalue weighted by Crippen LogP contribution is 2.35. The van der Waals surface area contributed by atoms with Crippen molar-refractivity contribution in [2.45, 2.75) is 20.4 Å². The predicted molar refractivity (Wildman–Crippen MR) is 117 cm³/mol. The number of nitrogens with zero attached hydrogens (tertiary/aromatic N) is 2. The van der Waals surface area contributed by atoms with Gasteiger partial charge in [0, 0.05) is 0 Å². The lowest BCUT2D eigenvalue weighted by Crippen LogP contribution is -2.27. The van der Waals surface area contributed by atoms with E-state index in [9.17, 15) is 14.9 Å². The first-order chi connectivity index (χ1) is 13.9. The molecule has 2 amide bonds. The largest absolute Gasteiger partial charge is 0.492 e. The van der Waals surface area contributed by atoms with Gasteiger partial charge in [-0.05, 0) is 69.0 Å². The molecule has 3 rings (SSSR count). The van der Waals surface area contributed by atoms with Gasteiger partial charge in [-0.3, -0.25) is 14.5 Å². The minimum atomic E-state index is -0.357. The van der Waals surface area contributed by atoms with Gasteiger partial charge in [-0.15, -0.1) is 0 Å². The molecule has 148 valence electrons. The molecule has 0 aliphatic carbocycles. The molecule has 2 aromatic carbocycles. The standard InChI is InChI=1S/C22H19BrN2O3S/c1-14(2)13-28-19-8-7-15(9-18(19)23)10-20-21(26)25(22(27)29-20)12-17-6-4-3-5-16(17)11-24/h3-10,14H,12-13H2,1-2H3/b20-10+. The van der Waals surface area contributed by atoms with Crippen LogP contribution in [0.5, 0.6) is 5.75 Å². The predicted octanol–water partition coefficient (Wildman–Crippen LogP) is 5.59. The molecule has 0 spiro atoms. The number of benzene rings is 2. The first-order valence-electron chi connectivity index (χ1n) is 9.04. The van der Waals surface area contributed by atoms with E-state index in [1.54, 1.807) is 30.3 Å². The normalized spacial score (nSPS) is 15.3. The van der Waals surface area contributed by atoms with Gasteiger partial charge >= 0.3 is 0 Å². The summed E-state index contributed by atoms with van der Waals surface area (Å²) in [6.45, 7) is 4.85. The molecule has 0 bridgehead atoms. The summed E-state index contributed by atoms with van der Waals surface area (Å²) in [4.78, 5) is 26.6. The van der Waals surface area contributed by atoms with Crippen molar-refractivity contribution in [1.82, 2.24) is 4.90 Å². The molecule has 0 saturated carbocycles. The molecular formula is C22H19BrN2O3S. The average molecular weight is 471 g/mol. The van der Waals surface area contributed by atoms with Gasteiger partial charge in [-0.1, -0.05) is 38.1 Å². The monoisotopic (exact) mass is 470 g/mol. The Labute approximate surface area is 182 Å². The Morgan fingerprint density at radius 1 is 1.24 bits per heavy atom. The van der Waals surface area contributed by atoms with Gasteiger partial charge in [0.15, 0.2) is 0 Å². The summed E-state index contributed by atoms with van der Waals surface area (Å²) < 4.78 is 6.52. The number of thioether (sulfide) groups is 1. The highest BCUT2D eigenvalue weighted by atomic mass is 79.9. The van der Waals surface area contributed by atoms with Crippen LogP contribution >= 0.6 is 27.7 Å². The molecule has 0 N–H and O–H groups in total. The number of carbonyl (C=O) groups is 2. The molecule has 2 aromatic rings. The Morgan fingerprint density at radius 3 is 2.69 bits per heavy atom. The van der Waals surface area contributed by atoms with Crippen LogP contribution in [0, 0.1) is 17.2 Å². The number of nitriles is 1. The van der Waals surface area contributed by atoms with E-state index in [0.717, 1.165) is 27.5 Å². The summed E-state index contributed by atoms with van der Waals surface area (Å²) in [6, 6.07) is 14.6. The van der Waals surface area contributed by atoms with Gasteiger partial charge < -0.3 is 4.74 Å². The molecule has 1 aliphatic rings. The Morgan fingerprint density at radius 2 is 2.00 bits per heavy atom. The second-order valence-corrected chi connectivity index (χ2v) is 8.78. The van der Waals surface area contributed by atoms with E-state index in [1.807, 2.05) is 18.2 Å². The number of amides is 2. The number of ether oxygens (including phenoxy) is 1. The number of imide groups is 1. The molecule has 1 aliphatic heterocycles. The molecule has 0 aromatic heterocycles. The lowest BCUT2D eigenvalue weighted by molar-refractivity contribution is -0.123. The van der Waals surface area contributed by atoms with Crippen molar-refractivity contribution in [3.05, 3.63) is 68.5 Å². The van der Waals surface area contributed by atoms with E-state index in [0.29, 0.717) is 28.6 Å². The molecule has 0 unspecified atom stereocenters. The topological polar surface area (TPSA) is 70.4 Å². The summed E-state index contributed by atoms with van der Waals surface area (Å²) >= 11 is 4.39. The van der Waals surface area contributed by atoms with Crippen molar-refractivity contribution in [2.24, 2.45) is 5.92 Å². The molecule has 7 heteroatoms. The number of halogens is 1. The Hall–Kier alpha value is -2.56. The van der Waals surface area contributed by atoms with Gasteiger partial charge in [0.25, 0.3) is 11.1 Å². The summed E-state index contributed by atoms with van der Waals surface area (Å²) in [5.74, 6) is 0.792. The maximum Gasteiger partial charge on any atom is 0.293 e. The fourth-order valence-electron chi connectivity index (χ4n) is 2.71. The smallest absolute Gasteiger partial charge is 0.293 e. The van der Waals surface area contributed by atoms with Crippen molar-refractivity contribution >= 4 is 44.9 Å². The molecule has 1 fully saturated rings. The molecule has 0 atom stereocenters. The SMILES string of the molecule is CC(C)COc1ccc(/C=C2/SC(=O)N(Cc3ccccc3C#N)C2=O)cc1Br. The minimum absolute atomic E-state index is 0.0808. The van der Waals surface area contributed by atoms with Crippen LogP contribution in [-0.4, -0.2) is 22.7 Å². The maximum absolute atomic E-state index is 12.8. The fraction of sp³-hybridized carbons (Fsp3) is 0.227. The van der Waals surface area contributed by atoms with Gasteiger partial charge in [-0.25, -0.2) is 0 Å². The van der Waals surface area contributed by atoms with Crippen molar-refractivity contribution in [3.8, 4) is 11.8 Å². The Kier molecular flexibility index (Phi) is 6.78. The van der Waals surface area contributed by atoms with Crippen LogP contribution in [0.4, 0.5) is 4.79 Å². The van der Waals surface area contributed by atoms with E-state index < -0.39 is 0 Å². The minimum Gasteiger partial charge on any atom is -0.492 e. The van der Waals surface area contributed by atoms with Crippen LogP contribution in [0.1, 0.15) is 30.5 Å².